The third-order valence-electron chi connectivity index (χ3n) is 3.88. The summed E-state index contributed by atoms with van der Waals surface area (Å²) in [5.74, 6) is 0.178. The third kappa shape index (κ3) is 3.68. The van der Waals surface area contributed by atoms with E-state index in [-0.39, 0.29) is 17.5 Å². The van der Waals surface area contributed by atoms with Crippen molar-refractivity contribution in [3.63, 3.8) is 0 Å². The van der Waals surface area contributed by atoms with E-state index < -0.39 is 0 Å². The molecule has 1 fully saturated rings. The van der Waals surface area contributed by atoms with E-state index in [0.29, 0.717) is 13.1 Å². The molecule has 0 aliphatic carbocycles. The minimum Gasteiger partial charge on any atom is -0.355 e. The SMILES string of the molecule is CCC(C)(C)N1CCCC1C(=O)NCCCN. The first-order valence-electron chi connectivity index (χ1n) is 6.77. The van der Waals surface area contributed by atoms with Gasteiger partial charge in [-0.15, -0.1) is 0 Å². The van der Waals surface area contributed by atoms with E-state index in [1.807, 2.05) is 0 Å². The van der Waals surface area contributed by atoms with Crippen molar-refractivity contribution in [1.82, 2.24) is 10.2 Å². The van der Waals surface area contributed by atoms with Gasteiger partial charge in [-0.25, -0.2) is 0 Å². The van der Waals surface area contributed by atoms with E-state index in [1.54, 1.807) is 0 Å². The Morgan fingerprint density at radius 3 is 2.82 bits per heavy atom. The summed E-state index contributed by atoms with van der Waals surface area (Å²) in [7, 11) is 0. The van der Waals surface area contributed by atoms with Gasteiger partial charge in [0.05, 0.1) is 6.04 Å². The molecule has 0 aromatic carbocycles. The Kier molecular flexibility index (Phi) is 5.40. The minimum absolute atomic E-state index is 0.0581. The smallest absolute Gasteiger partial charge is 0.237 e. The van der Waals surface area contributed by atoms with Crippen LogP contribution < -0.4 is 11.1 Å². The van der Waals surface area contributed by atoms with Gasteiger partial charge in [0.1, 0.15) is 0 Å². The van der Waals surface area contributed by atoms with Gasteiger partial charge in [0, 0.05) is 12.1 Å². The number of hydrogen-bond acceptors (Lipinski definition) is 3. The van der Waals surface area contributed by atoms with Crippen molar-refractivity contribution in [2.24, 2.45) is 5.73 Å². The quantitative estimate of drug-likeness (QED) is 0.685. The van der Waals surface area contributed by atoms with Crippen molar-refractivity contribution < 1.29 is 4.79 Å². The zero-order valence-corrected chi connectivity index (χ0v) is 11.5. The summed E-state index contributed by atoms with van der Waals surface area (Å²) in [6, 6.07) is 0.0581. The van der Waals surface area contributed by atoms with Crippen LogP contribution in [0.2, 0.25) is 0 Å². The summed E-state index contributed by atoms with van der Waals surface area (Å²) in [5, 5.41) is 2.99. The number of amides is 1. The van der Waals surface area contributed by atoms with Gasteiger partial charge in [0.25, 0.3) is 0 Å². The molecule has 0 aromatic heterocycles. The zero-order valence-electron chi connectivity index (χ0n) is 11.5. The standard InChI is InChI=1S/C13H27N3O/c1-4-13(2,3)16-10-5-7-11(16)12(17)15-9-6-8-14/h11H,4-10,14H2,1-3H3,(H,15,17). The number of hydrogen-bond donors (Lipinski definition) is 2. The molecule has 100 valence electrons. The Balaban J connectivity index is 2.54. The van der Waals surface area contributed by atoms with Gasteiger partial charge in [-0.05, 0) is 52.6 Å². The topological polar surface area (TPSA) is 58.4 Å². The Hall–Kier alpha value is -0.610. The number of likely N-dealkylation sites (tertiary alicyclic amines) is 1. The summed E-state index contributed by atoms with van der Waals surface area (Å²) < 4.78 is 0. The molecule has 1 heterocycles. The van der Waals surface area contributed by atoms with E-state index in [9.17, 15) is 4.79 Å². The van der Waals surface area contributed by atoms with Crippen LogP contribution in [0.4, 0.5) is 0 Å². The largest absolute Gasteiger partial charge is 0.355 e. The molecule has 1 rings (SSSR count). The molecule has 0 bridgehead atoms. The molecule has 17 heavy (non-hydrogen) atoms. The van der Waals surface area contributed by atoms with Crippen molar-refractivity contribution in [1.29, 1.82) is 0 Å². The lowest BCUT2D eigenvalue weighted by atomic mass is 9.98. The number of nitrogens with two attached hydrogens (primary N) is 1. The maximum atomic E-state index is 12.1. The zero-order chi connectivity index (χ0) is 12.9. The van der Waals surface area contributed by atoms with Crippen LogP contribution in [0, 0.1) is 0 Å². The first-order valence-corrected chi connectivity index (χ1v) is 6.77. The number of carbonyl (C=O) groups excluding carboxylic acids is 1. The molecule has 0 spiro atoms. The second-order valence-corrected chi connectivity index (χ2v) is 5.45. The van der Waals surface area contributed by atoms with Gasteiger partial charge < -0.3 is 11.1 Å². The Bertz CT molecular complexity index is 253. The molecule has 1 aliphatic heterocycles. The molecule has 1 unspecified atom stereocenters. The lowest BCUT2D eigenvalue weighted by Crippen LogP contribution is -2.52. The van der Waals surface area contributed by atoms with Gasteiger partial charge in [-0.2, -0.15) is 0 Å². The van der Waals surface area contributed by atoms with E-state index in [1.165, 1.54) is 0 Å². The number of nitrogens with one attached hydrogen (secondary N) is 1. The minimum atomic E-state index is 0.0581. The van der Waals surface area contributed by atoms with Gasteiger partial charge in [0.15, 0.2) is 0 Å². The van der Waals surface area contributed by atoms with Crippen LogP contribution in [-0.4, -0.2) is 42.0 Å². The number of carbonyl (C=O) groups is 1. The van der Waals surface area contributed by atoms with Gasteiger partial charge in [0.2, 0.25) is 5.91 Å². The Labute approximate surface area is 105 Å². The highest BCUT2D eigenvalue weighted by Crippen LogP contribution is 2.28. The molecule has 4 nitrogen and oxygen atoms in total. The molecule has 1 saturated heterocycles. The lowest BCUT2D eigenvalue weighted by molar-refractivity contribution is -0.127. The number of nitrogens with zero attached hydrogens (tertiary/aromatic N) is 1. The molecule has 1 amide bonds. The van der Waals surface area contributed by atoms with E-state index >= 15 is 0 Å². The summed E-state index contributed by atoms with van der Waals surface area (Å²) in [5.41, 5.74) is 5.54. The summed E-state index contributed by atoms with van der Waals surface area (Å²) in [4.78, 5) is 14.5. The van der Waals surface area contributed by atoms with Crippen LogP contribution in [-0.2, 0) is 4.79 Å². The number of rotatable bonds is 6. The Morgan fingerprint density at radius 2 is 2.24 bits per heavy atom. The average Bonchev–Trinajstić information content (AvgIpc) is 2.79. The predicted molar refractivity (Wildman–Crippen MR) is 70.8 cm³/mol. The van der Waals surface area contributed by atoms with Crippen LogP contribution in [0.25, 0.3) is 0 Å². The van der Waals surface area contributed by atoms with Crippen molar-refractivity contribution in [3.05, 3.63) is 0 Å². The maximum absolute atomic E-state index is 12.1. The predicted octanol–water partition coefficient (Wildman–Crippen LogP) is 1.10. The van der Waals surface area contributed by atoms with Crippen molar-refractivity contribution in [2.75, 3.05) is 19.6 Å². The average molecular weight is 241 g/mol. The molecule has 0 aromatic rings. The second kappa shape index (κ2) is 6.36. The van der Waals surface area contributed by atoms with Gasteiger partial charge in [-0.1, -0.05) is 6.92 Å². The van der Waals surface area contributed by atoms with Crippen LogP contribution in [0.15, 0.2) is 0 Å². The molecule has 0 saturated carbocycles. The highest BCUT2D eigenvalue weighted by Gasteiger charge is 2.38. The summed E-state index contributed by atoms with van der Waals surface area (Å²) >= 11 is 0. The fourth-order valence-electron chi connectivity index (χ4n) is 2.40. The van der Waals surface area contributed by atoms with Crippen molar-refractivity contribution in [3.8, 4) is 0 Å². The van der Waals surface area contributed by atoms with Crippen LogP contribution in [0.3, 0.4) is 0 Å². The third-order valence-corrected chi connectivity index (χ3v) is 3.88. The molecule has 1 aliphatic rings. The van der Waals surface area contributed by atoms with Crippen LogP contribution in [0.1, 0.15) is 46.5 Å². The van der Waals surface area contributed by atoms with Crippen LogP contribution in [0.5, 0.6) is 0 Å². The summed E-state index contributed by atoms with van der Waals surface area (Å²) in [6.45, 7) is 9.00. The monoisotopic (exact) mass is 241 g/mol. The van der Waals surface area contributed by atoms with Crippen LogP contribution >= 0.6 is 0 Å². The molecule has 1 atom stereocenters. The second-order valence-electron chi connectivity index (χ2n) is 5.45. The van der Waals surface area contributed by atoms with E-state index in [0.717, 1.165) is 32.2 Å². The summed E-state index contributed by atoms with van der Waals surface area (Å²) in [6.07, 6.45) is 4.03. The maximum Gasteiger partial charge on any atom is 0.237 e. The lowest BCUT2D eigenvalue weighted by Gasteiger charge is -2.38. The molecule has 0 radical (unpaired) electrons. The normalized spacial score (nSPS) is 21.8. The van der Waals surface area contributed by atoms with E-state index in [2.05, 4.69) is 31.0 Å². The molecular weight excluding hydrogens is 214 g/mol. The first kappa shape index (κ1) is 14.5. The molecule has 3 N–H and O–H groups in total. The Morgan fingerprint density at radius 1 is 1.53 bits per heavy atom. The highest BCUT2D eigenvalue weighted by molar-refractivity contribution is 5.82. The van der Waals surface area contributed by atoms with Gasteiger partial charge >= 0.3 is 0 Å². The molecule has 4 heteroatoms. The fourth-order valence-corrected chi connectivity index (χ4v) is 2.40. The fraction of sp³-hybridized carbons (Fsp3) is 0.923. The van der Waals surface area contributed by atoms with Gasteiger partial charge in [-0.3, -0.25) is 9.69 Å². The van der Waals surface area contributed by atoms with Crippen molar-refractivity contribution >= 4 is 5.91 Å². The first-order chi connectivity index (χ1) is 8.03. The van der Waals surface area contributed by atoms with E-state index in [4.69, 9.17) is 5.73 Å². The van der Waals surface area contributed by atoms with Crippen molar-refractivity contribution in [2.45, 2.75) is 58.0 Å². The molecular formula is C13H27N3O. The highest BCUT2D eigenvalue weighted by atomic mass is 16.2.